The molecule has 2 aromatic heterocycles. The van der Waals surface area contributed by atoms with Crippen molar-refractivity contribution < 1.29 is 22.0 Å². The predicted octanol–water partition coefficient (Wildman–Crippen LogP) is 17.5. The van der Waals surface area contributed by atoms with Gasteiger partial charge in [-0.15, -0.1) is 0 Å². The van der Waals surface area contributed by atoms with Crippen molar-refractivity contribution in [3.8, 4) is 67.0 Å². The van der Waals surface area contributed by atoms with E-state index < -0.39 is 23.4 Å². The van der Waals surface area contributed by atoms with E-state index in [1.807, 2.05) is 194 Å². The SMILES string of the molecule is Fc1cc(F)cc(-c2cc(-n3c4ccc(-c5ccccc5)cc4c4cc(-c5ccccc5)ccc43)c(C(F)(F)F)c(-n3c4ccc(-c5ccccc5)cc4c4cc(-c5ccccc5)ccc43)c2)c1. The number of aromatic nitrogens is 2. The van der Waals surface area contributed by atoms with Crippen molar-refractivity contribution in [3.05, 3.63) is 242 Å². The van der Waals surface area contributed by atoms with E-state index in [0.717, 1.165) is 84.3 Å². The van der Waals surface area contributed by atoms with Gasteiger partial charge in [-0.05, 0) is 128 Å². The van der Waals surface area contributed by atoms with E-state index in [-0.39, 0.29) is 22.5 Å². The summed E-state index contributed by atoms with van der Waals surface area (Å²) in [6, 6.07) is 68.6. The van der Waals surface area contributed by atoms with Gasteiger partial charge in [0.2, 0.25) is 0 Å². The molecule has 7 heteroatoms. The minimum atomic E-state index is -4.94. The number of fused-ring (bicyclic) bond motifs is 6. The van der Waals surface area contributed by atoms with Crippen molar-refractivity contribution >= 4 is 43.6 Å². The molecule has 0 bridgehead atoms. The molecular weight excluding hydrogens is 856 g/mol. The molecule has 0 amide bonds. The molecule has 0 fully saturated rings. The highest BCUT2D eigenvalue weighted by atomic mass is 19.4. The second-order valence-corrected chi connectivity index (χ2v) is 17.1. The first-order valence-electron chi connectivity index (χ1n) is 22.3. The molecule has 2 nitrogen and oxygen atoms in total. The molecule has 0 aliphatic carbocycles. The van der Waals surface area contributed by atoms with Crippen LogP contribution in [0.3, 0.4) is 0 Å². The summed E-state index contributed by atoms with van der Waals surface area (Å²) >= 11 is 0. The summed E-state index contributed by atoms with van der Waals surface area (Å²) in [5, 5.41) is 2.98. The fourth-order valence-electron chi connectivity index (χ4n) is 9.95. The molecule has 0 atom stereocenters. The number of rotatable bonds is 7. The number of hydrogen-bond acceptors (Lipinski definition) is 0. The molecule has 0 N–H and O–H groups in total. The molecule has 12 aromatic rings. The first kappa shape index (κ1) is 40.9. The van der Waals surface area contributed by atoms with Crippen molar-refractivity contribution in [1.29, 1.82) is 0 Å². The zero-order valence-electron chi connectivity index (χ0n) is 36.1. The Labute approximate surface area is 388 Å². The highest BCUT2D eigenvalue weighted by Gasteiger charge is 2.40. The van der Waals surface area contributed by atoms with Crippen LogP contribution in [0.4, 0.5) is 22.0 Å². The van der Waals surface area contributed by atoms with E-state index in [0.29, 0.717) is 22.1 Å². The van der Waals surface area contributed by atoms with E-state index in [1.54, 1.807) is 9.13 Å². The number of nitrogens with zero attached hydrogens (tertiary/aromatic N) is 2. The van der Waals surface area contributed by atoms with Crippen LogP contribution >= 0.6 is 0 Å². The summed E-state index contributed by atoms with van der Waals surface area (Å²) in [7, 11) is 0. The standard InChI is InChI=1S/C61H37F5N2/c62-48-29-46(30-49(63)37-48)47-35-58(67-54-25-21-42(38-13-5-1-6-14-38)31-50(54)51-32-43(22-26-55(51)67)39-15-7-2-8-16-39)60(61(64,65)66)59(36-47)68-56-27-23-44(40-17-9-3-10-18-40)33-52(56)53-34-45(24-28-57(53)68)41-19-11-4-12-20-41/h1-37H. The summed E-state index contributed by atoms with van der Waals surface area (Å²) in [6.07, 6.45) is -4.94. The molecule has 10 aromatic carbocycles. The van der Waals surface area contributed by atoms with Crippen LogP contribution in [0, 0.1) is 11.6 Å². The van der Waals surface area contributed by atoms with E-state index in [9.17, 15) is 0 Å². The second-order valence-electron chi connectivity index (χ2n) is 17.1. The maximum atomic E-state index is 16.8. The van der Waals surface area contributed by atoms with Crippen LogP contribution in [0.1, 0.15) is 5.56 Å². The quantitative estimate of drug-likeness (QED) is 0.141. The van der Waals surface area contributed by atoms with E-state index in [4.69, 9.17) is 0 Å². The Bertz CT molecular complexity index is 3460. The van der Waals surface area contributed by atoms with Gasteiger partial charge in [0.05, 0.1) is 33.4 Å². The van der Waals surface area contributed by atoms with Crippen LogP contribution in [0.2, 0.25) is 0 Å². The topological polar surface area (TPSA) is 9.86 Å². The molecule has 68 heavy (non-hydrogen) atoms. The Kier molecular flexibility index (Phi) is 9.69. The minimum Gasteiger partial charge on any atom is -0.309 e. The largest absolute Gasteiger partial charge is 0.420 e. The number of halogens is 5. The summed E-state index contributed by atoms with van der Waals surface area (Å²) < 4.78 is 84.1. The van der Waals surface area contributed by atoms with Gasteiger partial charge < -0.3 is 9.13 Å². The average Bonchev–Trinajstić information content (AvgIpc) is 3.87. The predicted molar refractivity (Wildman–Crippen MR) is 267 cm³/mol. The molecule has 0 radical (unpaired) electrons. The van der Waals surface area contributed by atoms with E-state index in [2.05, 4.69) is 0 Å². The van der Waals surface area contributed by atoms with Crippen molar-refractivity contribution in [1.82, 2.24) is 9.13 Å². The molecule has 0 saturated carbocycles. The molecule has 2 heterocycles. The molecule has 0 aliphatic heterocycles. The summed E-state index contributed by atoms with van der Waals surface area (Å²) in [5.41, 5.74) is 8.58. The van der Waals surface area contributed by atoms with Gasteiger partial charge in [0.15, 0.2) is 0 Å². The van der Waals surface area contributed by atoms with Gasteiger partial charge in [-0.2, -0.15) is 13.2 Å². The first-order chi connectivity index (χ1) is 33.2. The van der Waals surface area contributed by atoms with Gasteiger partial charge in [0.25, 0.3) is 0 Å². The van der Waals surface area contributed by atoms with Gasteiger partial charge in [0, 0.05) is 27.6 Å². The van der Waals surface area contributed by atoms with Crippen LogP contribution in [-0.2, 0) is 6.18 Å². The van der Waals surface area contributed by atoms with Gasteiger partial charge in [-0.1, -0.05) is 146 Å². The van der Waals surface area contributed by atoms with Crippen LogP contribution in [0.15, 0.2) is 224 Å². The third-order valence-corrected chi connectivity index (χ3v) is 13.0. The van der Waals surface area contributed by atoms with Crippen molar-refractivity contribution in [2.45, 2.75) is 6.18 Å². The number of alkyl halides is 3. The van der Waals surface area contributed by atoms with Gasteiger partial charge in [-0.25, -0.2) is 8.78 Å². The zero-order chi connectivity index (χ0) is 46.1. The molecular formula is C61H37F5N2. The van der Waals surface area contributed by atoms with Gasteiger partial charge in [0.1, 0.15) is 17.2 Å². The zero-order valence-corrected chi connectivity index (χ0v) is 36.1. The molecule has 0 spiro atoms. The van der Waals surface area contributed by atoms with Gasteiger partial charge in [-0.3, -0.25) is 0 Å². The van der Waals surface area contributed by atoms with Crippen molar-refractivity contribution in [3.63, 3.8) is 0 Å². The lowest BCUT2D eigenvalue weighted by atomic mass is 9.98. The second kappa shape index (κ2) is 16.1. The lowest BCUT2D eigenvalue weighted by molar-refractivity contribution is -0.137. The summed E-state index contributed by atoms with van der Waals surface area (Å²) in [4.78, 5) is 0. The molecule has 0 saturated heterocycles. The molecule has 0 unspecified atom stereocenters. The first-order valence-corrected chi connectivity index (χ1v) is 22.3. The Balaban J connectivity index is 1.22. The Morgan fingerprint density at radius 2 is 0.544 bits per heavy atom. The third-order valence-electron chi connectivity index (χ3n) is 13.0. The van der Waals surface area contributed by atoms with E-state index in [1.165, 1.54) is 12.1 Å². The highest BCUT2D eigenvalue weighted by Crippen LogP contribution is 2.48. The molecule has 12 rings (SSSR count). The van der Waals surface area contributed by atoms with Crippen molar-refractivity contribution in [2.75, 3.05) is 0 Å². The normalized spacial score (nSPS) is 11.9. The average molecular weight is 893 g/mol. The lowest BCUT2D eigenvalue weighted by Crippen LogP contribution is -2.16. The smallest absolute Gasteiger partial charge is 0.309 e. The lowest BCUT2D eigenvalue weighted by Gasteiger charge is -2.23. The highest BCUT2D eigenvalue weighted by molar-refractivity contribution is 6.13. The number of hydrogen-bond donors (Lipinski definition) is 0. The Morgan fingerprint density at radius 1 is 0.265 bits per heavy atom. The van der Waals surface area contributed by atoms with Crippen LogP contribution in [0.25, 0.3) is 111 Å². The maximum absolute atomic E-state index is 16.8. The van der Waals surface area contributed by atoms with Gasteiger partial charge >= 0.3 is 6.18 Å². The molecule has 326 valence electrons. The Hall–Kier alpha value is -8.55. The van der Waals surface area contributed by atoms with Crippen molar-refractivity contribution in [2.24, 2.45) is 0 Å². The summed E-state index contributed by atoms with van der Waals surface area (Å²) in [6.45, 7) is 0. The fourth-order valence-corrected chi connectivity index (χ4v) is 9.95. The monoisotopic (exact) mass is 892 g/mol. The third kappa shape index (κ3) is 7.02. The van der Waals surface area contributed by atoms with Crippen LogP contribution in [-0.4, -0.2) is 9.13 Å². The fraction of sp³-hybridized carbons (Fsp3) is 0.0164. The van der Waals surface area contributed by atoms with Crippen LogP contribution < -0.4 is 0 Å². The minimum absolute atomic E-state index is 0.0933. The maximum Gasteiger partial charge on any atom is 0.420 e. The Morgan fingerprint density at radius 3 is 0.824 bits per heavy atom. The summed E-state index contributed by atoms with van der Waals surface area (Å²) in [5.74, 6) is -1.69. The molecule has 0 aliphatic rings. The number of benzene rings is 10. The van der Waals surface area contributed by atoms with Crippen LogP contribution in [0.5, 0.6) is 0 Å². The van der Waals surface area contributed by atoms with E-state index >= 15 is 22.0 Å².